The number of rotatable bonds is 7. The number of amidine groups is 2. The van der Waals surface area contributed by atoms with Gasteiger partial charge in [0, 0.05) is 34.9 Å². The molecule has 6 nitrogen and oxygen atoms in total. The fourth-order valence-electron chi connectivity index (χ4n) is 11.1. The lowest BCUT2D eigenvalue weighted by Crippen LogP contribution is -2.40. The molecule has 3 aliphatic carbocycles. The molecule has 12 rings (SSSR count). The summed E-state index contributed by atoms with van der Waals surface area (Å²) in [5, 5.41) is 3.48. The van der Waals surface area contributed by atoms with Crippen LogP contribution in [0.25, 0.3) is 32.9 Å². The molecule has 6 heteroatoms. The maximum atomic E-state index is 6.29. The zero-order chi connectivity index (χ0) is 47.8. The molecular formula is C64H55N5O. The van der Waals surface area contributed by atoms with E-state index >= 15 is 0 Å². The Morgan fingerprint density at radius 2 is 1.30 bits per heavy atom. The average Bonchev–Trinajstić information content (AvgIpc) is 3.89. The number of nitrogens with two attached hydrogens (primary N) is 2. The predicted molar refractivity (Wildman–Crippen MR) is 292 cm³/mol. The quantitative estimate of drug-likeness (QED) is 0.123. The minimum atomic E-state index is -0.529. The minimum Gasteiger partial charge on any atom is -0.458 e. The summed E-state index contributed by atoms with van der Waals surface area (Å²) in [6, 6.07) is 64.2. The average molecular weight is 910 g/mol. The van der Waals surface area contributed by atoms with Crippen molar-refractivity contribution in [1.29, 1.82) is 0 Å². The monoisotopic (exact) mass is 909 g/mol. The lowest BCUT2D eigenvalue weighted by molar-refractivity contribution is 0.563. The van der Waals surface area contributed by atoms with Gasteiger partial charge in [-0.3, -0.25) is 4.99 Å². The summed E-state index contributed by atoms with van der Waals surface area (Å²) < 4.78 is 5.89. The summed E-state index contributed by atoms with van der Waals surface area (Å²) in [5.74, 6) is 2.03. The van der Waals surface area contributed by atoms with E-state index in [1.165, 1.54) is 55.3 Å². The highest BCUT2D eigenvalue weighted by atomic mass is 16.3. The van der Waals surface area contributed by atoms with Crippen molar-refractivity contribution < 1.29 is 4.42 Å². The van der Waals surface area contributed by atoms with E-state index in [4.69, 9.17) is 25.9 Å². The number of furan rings is 1. The molecule has 0 saturated carbocycles. The standard InChI is InChI=1S/C45H40N4.C19H15NO/c1-44(2)36-20-10-12-22-38(36)45(39-23-13-11-21-37(39)44)35-26-25-31(28-46)27-34(35)41-33(19-14-24-40(41)45)43(47-3)49-42(32-17-8-5-9-18-32)48-29-30-15-6-4-7-16-30;20-19-16-7-3-4-8-17(16)21-18(19)12-13-9-10-14-5-1-2-6-15(14)11-13/h5-6,8-27H,3-4,7,28-29,46H2,1-2H3;1-11H,12,20H2. The fraction of sp³-hybridized carbons (Fsp3) is 0.141. The second kappa shape index (κ2) is 18.4. The third-order valence-corrected chi connectivity index (χ3v) is 14.5. The molecule has 0 radical (unpaired) electrons. The summed E-state index contributed by atoms with van der Waals surface area (Å²) in [4.78, 5) is 14.9. The Morgan fingerprint density at radius 3 is 2.01 bits per heavy atom. The molecule has 9 aromatic rings. The second-order valence-corrected chi connectivity index (χ2v) is 18.9. The highest BCUT2D eigenvalue weighted by Crippen LogP contribution is 2.62. The predicted octanol–water partition coefficient (Wildman–Crippen LogP) is 14.1. The summed E-state index contributed by atoms with van der Waals surface area (Å²) in [5.41, 5.74) is 28.8. The first-order valence-corrected chi connectivity index (χ1v) is 24.2. The molecule has 3 aliphatic rings. The van der Waals surface area contributed by atoms with Crippen molar-refractivity contribution in [3.05, 3.63) is 267 Å². The number of allylic oxidation sites excluding steroid dienone is 2. The molecule has 0 amide bonds. The normalized spacial score (nSPS) is 15.1. The number of benzene rings is 8. The van der Waals surface area contributed by atoms with Crippen LogP contribution in [-0.2, 0) is 23.8 Å². The molecule has 0 fully saturated rings. The van der Waals surface area contributed by atoms with Crippen molar-refractivity contribution in [2.45, 2.75) is 50.5 Å². The zero-order valence-corrected chi connectivity index (χ0v) is 39.7. The number of para-hydroxylation sites is 1. The summed E-state index contributed by atoms with van der Waals surface area (Å²) >= 11 is 0. The molecule has 0 saturated heterocycles. The van der Waals surface area contributed by atoms with Gasteiger partial charge in [0.05, 0.1) is 17.6 Å². The number of nitrogens with zero attached hydrogens (tertiary/aromatic N) is 3. The first-order valence-electron chi connectivity index (χ1n) is 24.2. The molecule has 0 aliphatic heterocycles. The molecule has 8 aromatic carbocycles. The lowest BCUT2D eigenvalue weighted by Gasteiger charge is -2.46. The van der Waals surface area contributed by atoms with Gasteiger partial charge < -0.3 is 15.9 Å². The number of hydrogen-bond acceptors (Lipinski definition) is 4. The van der Waals surface area contributed by atoms with Gasteiger partial charge in [-0.05, 0) is 110 Å². The number of fused-ring (bicyclic) bond motifs is 11. The van der Waals surface area contributed by atoms with Crippen molar-refractivity contribution >= 4 is 45.8 Å². The SMILES string of the molecule is C=NC(=NC(=NCC1=CCCC=C1)c1ccccc1)c1cccc2c1-c1cc(CN)ccc1C21c2ccccc2C(C)(C)c2ccccc21.Nc1c(Cc2ccc3ccccc3c2)oc2ccccc12. The molecule has 0 bridgehead atoms. The molecule has 1 spiro atoms. The van der Waals surface area contributed by atoms with E-state index in [2.05, 4.69) is 183 Å². The first kappa shape index (κ1) is 44.3. The van der Waals surface area contributed by atoms with Gasteiger partial charge in [-0.2, -0.15) is 0 Å². The number of anilines is 1. The van der Waals surface area contributed by atoms with Gasteiger partial charge in [0.15, 0.2) is 11.7 Å². The minimum absolute atomic E-state index is 0.171. The molecule has 1 heterocycles. The van der Waals surface area contributed by atoms with E-state index in [9.17, 15) is 0 Å². The van der Waals surface area contributed by atoms with Crippen LogP contribution in [0.4, 0.5) is 5.69 Å². The summed E-state index contributed by atoms with van der Waals surface area (Å²) in [6.45, 7) is 9.76. The van der Waals surface area contributed by atoms with Crippen LogP contribution in [0.3, 0.4) is 0 Å². The zero-order valence-electron chi connectivity index (χ0n) is 39.7. The van der Waals surface area contributed by atoms with E-state index in [0.717, 1.165) is 63.1 Å². The summed E-state index contributed by atoms with van der Waals surface area (Å²) in [7, 11) is 0. The Hall–Kier alpha value is -8.19. The van der Waals surface area contributed by atoms with Gasteiger partial charge in [-0.15, -0.1) is 0 Å². The molecule has 342 valence electrons. The molecular weight excluding hydrogens is 855 g/mol. The molecule has 1 aromatic heterocycles. The van der Waals surface area contributed by atoms with E-state index in [-0.39, 0.29) is 5.41 Å². The van der Waals surface area contributed by atoms with Crippen LogP contribution in [0.1, 0.15) is 88.1 Å². The largest absolute Gasteiger partial charge is 0.458 e. The van der Waals surface area contributed by atoms with Crippen molar-refractivity contribution in [1.82, 2.24) is 0 Å². The van der Waals surface area contributed by atoms with Crippen molar-refractivity contribution in [2.75, 3.05) is 12.3 Å². The lowest BCUT2D eigenvalue weighted by atomic mass is 9.55. The Bertz CT molecular complexity index is 3560. The number of hydrogen-bond donors (Lipinski definition) is 2. The van der Waals surface area contributed by atoms with Gasteiger partial charge in [0.2, 0.25) is 0 Å². The van der Waals surface area contributed by atoms with E-state index in [1.54, 1.807) is 0 Å². The highest BCUT2D eigenvalue weighted by molar-refractivity contribution is 6.16. The van der Waals surface area contributed by atoms with Gasteiger partial charge in [0.1, 0.15) is 11.3 Å². The van der Waals surface area contributed by atoms with E-state index in [1.807, 2.05) is 42.5 Å². The van der Waals surface area contributed by atoms with Crippen LogP contribution in [-0.4, -0.2) is 24.9 Å². The van der Waals surface area contributed by atoms with Crippen LogP contribution in [0.2, 0.25) is 0 Å². The highest BCUT2D eigenvalue weighted by Gasteiger charge is 2.53. The number of aliphatic imine (C=N–C) groups is 3. The van der Waals surface area contributed by atoms with Crippen LogP contribution >= 0.6 is 0 Å². The smallest absolute Gasteiger partial charge is 0.161 e. The number of nitrogen functional groups attached to an aromatic ring is 1. The molecule has 4 N–H and O–H groups in total. The van der Waals surface area contributed by atoms with Gasteiger partial charge in [-0.25, -0.2) is 9.98 Å². The van der Waals surface area contributed by atoms with Crippen molar-refractivity contribution in [3.8, 4) is 11.1 Å². The van der Waals surface area contributed by atoms with Crippen LogP contribution in [0.5, 0.6) is 0 Å². The van der Waals surface area contributed by atoms with E-state index < -0.39 is 5.41 Å². The van der Waals surface area contributed by atoms with Crippen molar-refractivity contribution in [3.63, 3.8) is 0 Å². The van der Waals surface area contributed by atoms with Crippen LogP contribution in [0, 0.1) is 0 Å². The molecule has 70 heavy (non-hydrogen) atoms. The van der Waals surface area contributed by atoms with Gasteiger partial charge >= 0.3 is 0 Å². The molecule has 0 atom stereocenters. The summed E-state index contributed by atoms with van der Waals surface area (Å²) in [6.07, 6.45) is 9.47. The Kier molecular flexibility index (Phi) is 11.6. The Balaban J connectivity index is 0.000000210. The second-order valence-electron chi connectivity index (χ2n) is 18.9. The third kappa shape index (κ3) is 7.62. The van der Waals surface area contributed by atoms with E-state index in [0.29, 0.717) is 31.2 Å². The molecule has 0 unspecified atom stereocenters. The van der Waals surface area contributed by atoms with Crippen LogP contribution < -0.4 is 11.5 Å². The van der Waals surface area contributed by atoms with Crippen molar-refractivity contribution in [2.24, 2.45) is 20.7 Å². The fourth-order valence-corrected chi connectivity index (χ4v) is 11.1. The maximum absolute atomic E-state index is 6.29. The third-order valence-electron chi connectivity index (χ3n) is 14.5. The first-order chi connectivity index (χ1) is 34.3. The topological polar surface area (TPSA) is 102 Å². The maximum Gasteiger partial charge on any atom is 0.161 e. The Morgan fingerprint density at radius 1 is 0.629 bits per heavy atom. The Labute approximate surface area is 410 Å². The van der Waals surface area contributed by atoms with Gasteiger partial charge in [0.25, 0.3) is 0 Å². The van der Waals surface area contributed by atoms with Crippen LogP contribution in [0.15, 0.2) is 225 Å². The van der Waals surface area contributed by atoms with Gasteiger partial charge in [-0.1, -0.05) is 196 Å².